The summed E-state index contributed by atoms with van der Waals surface area (Å²) in [7, 11) is 0. The summed E-state index contributed by atoms with van der Waals surface area (Å²) in [6.07, 6.45) is 4.01. The molecule has 0 amide bonds. The minimum absolute atomic E-state index is 0.0209. The summed E-state index contributed by atoms with van der Waals surface area (Å²) in [5.74, 6) is -2.13. The molecule has 2 aromatic carbocycles. The highest BCUT2D eigenvalue weighted by Gasteiger charge is 2.36. The van der Waals surface area contributed by atoms with Crippen molar-refractivity contribution in [2.75, 3.05) is 13.1 Å². The number of nitrogens with two attached hydrogens (primary N) is 1. The van der Waals surface area contributed by atoms with Gasteiger partial charge in [0.25, 0.3) is 0 Å². The summed E-state index contributed by atoms with van der Waals surface area (Å²) in [4.78, 5) is 12.7. The lowest BCUT2D eigenvalue weighted by atomic mass is 9.92. The molecule has 2 aliphatic rings. The van der Waals surface area contributed by atoms with Gasteiger partial charge in [-0.15, -0.1) is 0 Å². The zero-order valence-electron chi connectivity index (χ0n) is 19.0. The van der Waals surface area contributed by atoms with Crippen molar-refractivity contribution in [1.82, 2.24) is 9.88 Å². The third kappa shape index (κ3) is 4.64. The van der Waals surface area contributed by atoms with Crippen molar-refractivity contribution in [3.05, 3.63) is 59.8 Å². The van der Waals surface area contributed by atoms with Crippen LogP contribution >= 0.6 is 12.2 Å². The molecule has 7 heteroatoms. The number of benzene rings is 2. The van der Waals surface area contributed by atoms with Gasteiger partial charge in [0.2, 0.25) is 5.92 Å². The predicted octanol–water partition coefficient (Wildman–Crippen LogP) is 5.41. The summed E-state index contributed by atoms with van der Waals surface area (Å²) in [5, 5.41) is 4.22. The van der Waals surface area contributed by atoms with E-state index >= 15 is 0 Å². The smallest absolute Gasteiger partial charge is 0.248 e. The van der Waals surface area contributed by atoms with Crippen molar-refractivity contribution in [3.63, 3.8) is 0 Å². The maximum atomic E-state index is 13.9. The van der Waals surface area contributed by atoms with Crippen LogP contribution in [0.4, 0.5) is 8.78 Å². The fraction of sp³-hybridized carbons (Fsp3) is 0.407. The fourth-order valence-corrected chi connectivity index (χ4v) is 5.24. The largest absolute Gasteiger partial charge is 0.389 e. The number of thiocarbonyl (C=S) groups is 1. The summed E-state index contributed by atoms with van der Waals surface area (Å²) in [6.45, 7) is 1.56. The van der Waals surface area contributed by atoms with E-state index in [4.69, 9.17) is 18.0 Å². The minimum Gasteiger partial charge on any atom is -0.389 e. The Morgan fingerprint density at radius 1 is 1.15 bits per heavy atom. The van der Waals surface area contributed by atoms with Gasteiger partial charge in [0.15, 0.2) is 0 Å². The number of ketones is 1. The van der Waals surface area contributed by atoms with Crippen LogP contribution in [0.1, 0.15) is 49.3 Å². The molecule has 3 N–H and O–H groups in total. The number of Topliss-reactive ketones (excluding diaryl/α,β-unsaturated/α-hetero) is 1. The predicted molar refractivity (Wildman–Crippen MR) is 135 cm³/mol. The second-order valence-electron chi connectivity index (χ2n) is 9.66. The van der Waals surface area contributed by atoms with Crippen molar-refractivity contribution in [3.8, 4) is 11.1 Å². The lowest BCUT2D eigenvalue weighted by Gasteiger charge is -2.30. The summed E-state index contributed by atoms with van der Waals surface area (Å²) >= 11 is 5.16. The summed E-state index contributed by atoms with van der Waals surface area (Å²) in [5.41, 5.74) is 10.8. The SMILES string of the molecule is NC(=S)c1cccc(-c2cn(C3CCC(F)(F)CC3)c3cc(CCC(=O)C4CNC4)ccc23)c1. The molecule has 178 valence electrons. The third-order valence-electron chi connectivity index (χ3n) is 7.33. The number of rotatable bonds is 7. The quantitative estimate of drug-likeness (QED) is 0.443. The molecule has 2 heterocycles. The Morgan fingerprint density at radius 3 is 2.59 bits per heavy atom. The van der Waals surface area contributed by atoms with Gasteiger partial charge >= 0.3 is 0 Å². The Labute approximate surface area is 203 Å². The Morgan fingerprint density at radius 2 is 1.91 bits per heavy atom. The highest BCUT2D eigenvalue weighted by Crippen LogP contribution is 2.42. The second kappa shape index (κ2) is 9.19. The molecule has 0 atom stereocenters. The molecule has 3 aromatic rings. The molecule has 0 unspecified atom stereocenters. The van der Waals surface area contributed by atoms with Crippen LogP contribution in [0.25, 0.3) is 22.0 Å². The first-order valence-electron chi connectivity index (χ1n) is 12.0. The Kier molecular flexibility index (Phi) is 6.25. The number of hydrogen-bond donors (Lipinski definition) is 2. The molecule has 0 radical (unpaired) electrons. The molecule has 5 rings (SSSR count). The number of carbonyl (C=O) groups excluding carboxylic acids is 1. The van der Waals surface area contributed by atoms with E-state index in [9.17, 15) is 13.6 Å². The van der Waals surface area contributed by atoms with Gasteiger partial charge in [-0.05, 0) is 42.5 Å². The van der Waals surface area contributed by atoms with Crippen LogP contribution in [0.5, 0.6) is 0 Å². The summed E-state index contributed by atoms with van der Waals surface area (Å²) < 4.78 is 29.9. The summed E-state index contributed by atoms with van der Waals surface area (Å²) in [6, 6.07) is 14.2. The van der Waals surface area contributed by atoms with Crippen molar-refractivity contribution in [2.24, 2.45) is 11.7 Å². The van der Waals surface area contributed by atoms with Gasteiger partial charge in [-0.3, -0.25) is 4.79 Å². The first kappa shape index (κ1) is 23.1. The Balaban J connectivity index is 1.51. The Hall–Kier alpha value is -2.64. The van der Waals surface area contributed by atoms with E-state index in [0.717, 1.165) is 46.2 Å². The number of nitrogens with one attached hydrogen (secondary N) is 1. The lowest BCUT2D eigenvalue weighted by molar-refractivity contribution is -0.124. The van der Waals surface area contributed by atoms with Crippen molar-refractivity contribution in [2.45, 2.75) is 50.5 Å². The van der Waals surface area contributed by atoms with E-state index in [2.05, 4.69) is 34.3 Å². The number of carbonyl (C=O) groups is 1. The van der Waals surface area contributed by atoms with Crippen molar-refractivity contribution in [1.29, 1.82) is 0 Å². The minimum atomic E-state index is -2.57. The van der Waals surface area contributed by atoms with Crippen molar-refractivity contribution >= 4 is 33.9 Å². The number of halogens is 2. The molecule has 0 spiro atoms. The first-order valence-corrected chi connectivity index (χ1v) is 12.4. The standard InChI is InChI=1S/C27H29F2N3OS/c28-27(29)10-8-21(9-11-27)32-16-23(18-2-1-3-19(13-18)26(30)34)22-6-4-17(12-24(22)32)5-7-25(33)20-14-31-15-20/h1-4,6,12-13,16,20-21,31H,5,7-11,14-15H2,(H2,30,34). The number of nitrogens with zero attached hydrogens (tertiary/aromatic N) is 1. The van der Waals surface area contributed by atoms with Gasteiger partial charge < -0.3 is 15.6 Å². The van der Waals surface area contributed by atoms with Crippen LogP contribution in [0.3, 0.4) is 0 Å². The third-order valence-corrected chi connectivity index (χ3v) is 7.57. The van der Waals surface area contributed by atoms with Crippen LogP contribution in [0.15, 0.2) is 48.7 Å². The van der Waals surface area contributed by atoms with Gasteiger partial charge in [0, 0.05) is 72.5 Å². The average molecular weight is 482 g/mol. The first-order chi connectivity index (χ1) is 16.3. The molecule has 2 fully saturated rings. The number of fused-ring (bicyclic) bond motifs is 1. The van der Waals surface area contributed by atoms with Crippen LogP contribution < -0.4 is 11.1 Å². The van der Waals surface area contributed by atoms with E-state index < -0.39 is 5.92 Å². The number of alkyl halides is 2. The van der Waals surface area contributed by atoms with Gasteiger partial charge in [-0.25, -0.2) is 8.78 Å². The average Bonchev–Trinajstić information content (AvgIpc) is 3.15. The molecule has 4 nitrogen and oxygen atoms in total. The van der Waals surface area contributed by atoms with E-state index in [1.807, 2.05) is 24.3 Å². The maximum Gasteiger partial charge on any atom is 0.248 e. The number of aromatic nitrogens is 1. The monoisotopic (exact) mass is 481 g/mol. The normalized spacial score (nSPS) is 18.6. The molecular formula is C27H29F2N3OS. The van der Waals surface area contributed by atoms with Crippen LogP contribution in [-0.2, 0) is 11.2 Å². The topological polar surface area (TPSA) is 60.0 Å². The van der Waals surface area contributed by atoms with Crippen LogP contribution in [0.2, 0.25) is 0 Å². The van der Waals surface area contributed by atoms with E-state index in [-0.39, 0.29) is 24.8 Å². The molecule has 0 bridgehead atoms. The maximum absolute atomic E-state index is 13.9. The van der Waals surface area contributed by atoms with E-state index in [1.165, 1.54) is 0 Å². The van der Waals surface area contributed by atoms with Gasteiger partial charge in [0.1, 0.15) is 10.8 Å². The highest BCUT2D eigenvalue weighted by atomic mass is 32.1. The molecule has 1 aromatic heterocycles. The molecule has 1 saturated carbocycles. The zero-order chi connectivity index (χ0) is 23.9. The molecule has 1 saturated heterocycles. The lowest BCUT2D eigenvalue weighted by Crippen LogP contribution is -2.46. The zero-order valence-corrected chi connectivity index (χ0v) is 19.8. The molecular weight excluding hydrogens is 452 g/mol. The van der Waals surface area contributed by atoms with Gasteiger partial charge in [0.05, 0.1) is 0 Å². The Bertz CT molecular complexity index is 1240. The number of hydrogen-bond acceptors (Lipinski definition) is 3. The molecule has 1 aliphatic heterocycles. The van der Waals surface area contributed by atoms with Gasteiger partial charge in [-0.2, -0.15) is 0 Å². The number of aryl methyl sites for hydroxylation is 1. The molecule has 34 heavy (non-hydrogen) atoms. The fourth-order valence-electron chi connectivity index (χ4n) is 5.12. The molecule has 1 aliphatic carbocycles. The highest BCUT2D eigenvalue weighted by molar-refractivity contribution is 7.80. The van der Waals surface area contributed by atoms with Crippen LogP contribution in [-0.4, -0.2) is 34.4 Å². The van der Waals surface area contributed by atoms with Crippen molar-refractivity contribution < 1.29 is 13.6 Å². The van der Waals surface area contributed by atoms with Gasteiger partial charge in [-0.1, -0.05) is 42.5 Å². The second-order valence-corrected chi connectivity index (χ2v) is 10.1. The van der Waals surface area contributed by atoms with E-state index in [1.54, 1.807) is 0 Å². The van der Waals surface area contributed by atoms with E-state index in [0.29, 0.717) is 36.5 Å². The van der Waals surface area contributed by atoms with Crippen LogP contribution in [0, 0.1) is 5.92 Å².